The fourth-order valence-corrected chi connectivity index (χ4v) is 2.06. The number of hydrogen-bond donors (Lipinski definition) is 1. The highest BCUT2D eigenvalue weighted by Gasteiger charge is 2.05. The molecule has 0 aliphatic heterocycles. The Balaban J connectivity index is 1.45. The monoisotopic (exact) mass is 335 g/mol. The molecule has 2 aromatic carbocycles. The zero-order valence-electron chi connectivity index (χ0n) is 13.5. The van der Waals surface area contributed by atoms with E-state index in [-0.39, 0.29) is 18.5 Å². The molecule has 25 heavy (non-hydrogen) atoms. The van der Waals surface area contributed by atoms with Gasteiger partial charge < -0.3 is 14.8 Å². The van der Waals surface area contributed by atoms with Crippen molar-refractivity contribution < 1.29 is 14.3 Å². The van der Waals surface area contributed by atoms with Crippen LogP contribution >= 0.6 is 0 Å². The molecular formula is C19H17N3O3. The summed E-state index contributed by atoms with van der Waals surface area (Å²) < 4.78 is 10.9. The molecule has 1 amide bonds. The smallest absolute Gasteiger partial charge is 0.322 e. The Bertz CT molecular complexity index is 793. The first-order chi connectivity index (χ1) is 12.3. The third-order valence-corrected chi connectivity index (χ3v) is 3.21. The minimum absolute atomic E-state index is 0.0445. The van der Waals surface area contributed by atoms with E-state index in [2.05, 4.69) is 15.3 Å². The van der Waals surface area contributed by atoms with Crippen LogP contribution in [-0.4, -0.2) is 22.5 Å². The van der Waals surface area contributed by atoms with Crippen LogP contribution in [0.5, 0.6) is 11.8 Å². The maximum atomic E-state index is 11.9. The highest BCUT2D eigenvalue weighted by atomic mass is 16.5. The first-order valence-corrected chi connectivity index (χ1v) is 7.76. The molecule has 3 aromatic rings. The third-order valence-electron chi connectivity index (χ3n) is 3.21. The Labute approximate surface area is 145 Å². The van der Waals surface area contributed by atoms with Gasteiger partial charge >= 0.3 is 6.01 Å². The maximum Gasteiger partial charge on any atom is 0.322 e. The van der Waals surface area contributed by atoms with Crippen LogP contribution in [0.15, 0.2) is 73.1 Å². The van der Waals surface area contributed by atoms with E-state index in [4.69, 9.17) is 9.47 Å². The van der Waals surface area contributed by atoms with Gasteiger partial charge in [-0.1, -0.05) is 48.5 Å². The van der Waals surface area contributed by atoms with E-state index in [0.29, 0.717) is 18.0 Å². The van der Waals surface area contributed by atoms with E-state index < -0.39 is 0 Å². The van der Waals surface area contributed by atoms with Gasteiger partial charge in [0.25, 0.3) is 0 Å². The molecule has 0 radical (unpaired) electrons. The predicted molar refractivity (Wildman–Crippen MR) is 93.3 cm³/mol. The molecule has 6 heteroatoms. The molecule has 0 aliphatic rings. The number of anilines is 1. The summed E-state index contributed by atoms with van der Waals surface area (Å²) in [5, 5.41) is 2.67. The number of para-hydroxylation sites is 1. The third kappa shape index (κ3) is 5.40. The van der Waals surface area contributed by atoms with Crippen LogP contribution in [0.3, 0.4) is 0 Å². The van der Waals surface area contributed by atoms with E-state index in [1.165, 1.54) is 12.4 Å². The van der Waals surface area contributed by atoms with Crippen molar-refractivity contribution in [3.8, 4) is 11.8 Å². The molecule has 0 unspecified atom stereocenters. The summed E-state index contributed by atoms with van der Waals surface area (Å²) in [6.45, 7) is 0.339. The molecule has 0 bridgehead atoms. The summed E-state index contributed by atoms with van der Waals surface area (Å²) >= 11 is 0. The van der Waals surface area contributed by atoms with Crippen LogP contribution in [0.4, 0.5) is 5.69 Å². The fraction of sp³-hybridized carbons (Fsp3) is 0.105. The van der Waals surface area contributed by atoms with Crippen LogP contribution in [0.1, 0.15) is 5.56 Å². The van der Waals surface area contributed by atoms with Crippen molar-refractivity contribution in [2.45, 2.75) is 6.61 Å². The number of rotatable bonds is 7. The summed E-state index contributed by atoms with van der Waals surface area (Å²) in [5.74, 6) is 0.379. The molecule has 0 atom stereocenters. The molecule has 0 spiro atoms. The van der Waals surface area contributed by atoms with Crippen molar-refractivity contribution >= 4 is 11.6 Å². The highest BCUT2D eigenvalue weighted by molar-refractivity contribution is 5.91. The number of carbonyl (C=O) groups is 1. The Morgan fingerprint density at radius 2 is 1.56 bits per heavy atom. The number of nitrogens with one attached hydrogen (secondary N) is 1. The molecule has 0 aliphatic carbocycles. The summed E-state index contributed by atoms with van der Waals surface area (Å²) in [6.07, 6.45) is 2.97. The second-order valence-corrected chi connectivity index (χ2v) is 5.20. The molecule has 1 heterocycles. The van der Waals surface area contributed by atoms with Crippen molar-refractivity contribution in [2.24, 2.45) is 0 Å². The highest BCUT2D eigenvalue weighted by Crippen LogP contribution is 2.17. The van der Waals surface area contributed by atoms with E-state index in [0.717, 1.165) is 5.56 Å². The van der Waals surface area contributed by atoms with Crippen LogP contribution in [0.25, 0.3) is 0 Å². The topological polar surface area (TPSA) is 73.3 Å². The van der Waals surface area contributed by atoms with Crippen LogP contribution < -0.4 is 10.1 Å². The van der Waals surface area contributed by atoms with Gasteiger partial charge in [-0.2, -0.15) is 0 Å². The molecule has 1 N–H and O–H groups in total. The van der Waals surface area contributed by atoms with Gasteiger partial charge in [-0.25, -0.2) is 9.97 Å². The average molecular weight is 335 g/mol. The van der Waals surface area contributed by atoms with Gasteiger partial charge in [0.1, 0.15) is 12.4 Å². The van der Waals surface area contributed by atoms with Gasteiger partial charge in [0.05, 0.1) is 24.7 Å². The quantitative estimate of drug-likeness (QED) is 0.716. The lowest BCUT2D eigenvalue weighted by atomic mass is 10.2. The average Bonchev–Trinajstić information content (AvgIpc) is 2.65. The van der Waals surface area contributed by atoms with Gasteiger partial charge in [0, 0.05) is 0 Å². The predicted octanol–water partition coefficient (Wildman–Crippen LogP) is 3.42. The summed E-state index contributed by atoms with van der Waals surface area (Å²) in [5.41, 5.74) is 1.50. The van der Waals surface area contributed by atoms with E-state index in [1.54, 1.807) is 0 Å². The Morgan fingerprint density at radius 1 is 0.920 bits per heavy atom. The second-order valence-electron chi connectivity index (χ2n) is 5.20. The van der Waals surface area contributed by atoms with Crippen molar-refractivity contribution in [1.82, 2.24) is 9.97 Å². The lowest BCUT2D eigenvalue weighted by Crippen LogP contribution is -2.18. The minimum Gasteiger partial charge on any atom is -0.424 e. The van der Waals surface area contributed by atoms with Crippen molar-refractivity contribution in [2.75, 3.05) is 11.9 Å². The SMILES string of the molecule is O=C(COCc1ccccc1)Nc1cnc(Oc2ccccc2)nc1. The number of hydrogen-bond acceptors (Lipinski definition) is 5. The van der Waals surface area contributed by atoms with Gasteiger partial charge in [-0.05, 0) is 17.7 Å². The first-order valence-electron chi connectivity index (χ1n) is 7.76. The first kappa shape index (κ1) is 16.6. The van der Waals surface area contributed by atoms with Crippen LogP contribution in [0, 0.1) is 0 Å². The molecule has 0 fully saturated rings. The number of ether oxygens (including phenoxy) is 2. The lowest BCUT2D eigenvalue weighted by molar-refractivity contribution is -0.121. The zero-order valence-corrected chi connectivity index (χ0v) is 13.5. The molecule has 1 aromatic heterocycles. The molecule has 0 saturated heterocycles. The lowest BCUT2D eigenvalue weighted by Gasteiger charge is -2.07. The normalized spacial score (nSPS) is 10.2. The number of benzene rings is 2. The fourth-order valence-electron chi connectivity index (χ4n) is 2.06. The van der Waals surface area contributed by atoms with Crippen LogP contribution in [-0.2, 0) is 16.1 Å². The second kappa shape index (κ2) is 8.56. The minimum atomic E-state index is -0.267. The molecule has 126 valence electrons. The summed E-state index contributed by atoms with van der Waals surface area (Å²) in [6, 6.07) is 19.1. The Morgan fingerprint density at radius 3 is 2.24 bits per heavy atom. The van der Waals surface area contributed by atoms with Gasteiger partial charge in [0.2, 0.25) is 5.91 Å². The molecule has 3 rings (SSSR count). The van der Waals surface area contributed by atoms with E-state index >= 15 is 0 Å². The van der Waals surface area contributed by atoms with Gasteiger partial charge in [-0.3, -0.25) is 4.79 Å². The maximum absolute atomic E-state index is 11.9. The number of aromatic nitrogens is 2. The molecule has 6 nitrogen and oxygen atoms in total. The zero-order chi connectivity index (χ0) is 17.3. The van der Waals surface area contributed by atoms with Gasteiger partial charge in [0.15, 0.2) is 0 Å². The summed E-state index contributed by atoms with van der Waals surface area (Å²) in [7, 11) is 0. The Kier molecular flexibility index (Phi) is 5.68. The Hall–Kier alpha value is -3.25. The molecule has 0 saturated carbocycles. The van der Waals surface area contributed by atoms with Crippen molar-refractivity contribution in [3.63, 3.8) is 0 Å². The van der Waals surface area contributed by atoms with E-state index in [9.17, 15) is 4.79 Å². The molecular weight excluding hydrogens is 318 g/mol. The number of carbonyl (C=O) groups excluding carboxylic acids is 1. The summed E-state index contributed by atoms with van der Waals surface area (Å²) in [4.78, 5) is 20.0. The van der Waals surface area contributed by atoms with E-state index in [1.807, 2.05) is 60.7 Å². The number of amides is 1. The van der Waals surface area contributed by atoms with Gasteiger partial charge in [-0.15, -0.1) is 0 Å². The van der Waals surface area contributed by atoms with Crippen LogP contribution in [0.2, 0.25) is 0 Å². The van der Waals surface area contributed by atoms with Crippen molar-refractivity contribution in [1.29, 1.82) is 0 Å². The standard InChI is InChI=1S/C19H17N3O3/c23-18(14-24-13-15-7-3-1-4-8-15)22-16-11-20-19(21-12-16)25-17-9-5-2-6-10-17/h1-12H,13-14H2,(H,22,23). The number of nitrogens with zero attached hydrogens (tertiary/aromatic N) is 2. The largest absolute Gasteiger partial charge is 0.424 e. The van der Waals surface area contributed by atoms with Crippen molar-refractivity contribution in [3.05, 3.63) is 78.6 Å².